The van der Waals surface area contributed by atoms with Gasteiger partial charge in [0.1, 0.15) is 17.7 Å². The van der Waals surface area contributed by atoms with Gasteiger partial charge in [0.25, 0.3) is 0 Å². The Morgan fingerprint density at radius 2 is 1.22 bits per heavy atom. The minimum absolute atomic E-state index is 0.123. The molecule has 2 aliphatic rings. The predicted octanol–water partition coefficient (Wildman–Crippen LogP) is 13.1. The van der Waals surface area contributed by atoms with Crippen molar-refractivity contribution in [1.82, 2.24) is 29.9 Å². The molecule has 0 fully saturated rings. The van der Waals surface area contributed by atoms with Crippen molar-refractivity contribution in [1.29, 1.82) is 5.26 Å². The molecule has 0 saturated heterocycles. The number of nitriles is 1. The Kier molecular flexibility index (Phi) is 12.1. The number of aryl methyl sites for hydroxylation is 2. The van der Waals surface area contributed by atoms with E-state index in [4.69, 9.17) is 9.97 Å². The van der Waals surface area contributed by atoms with E-state index in [1.165, 1.54) is 30.0 Å². The second kappa shape index (κ2) is 17.4. The smallest absolute Gasteiger partial charge is 0.125 e. The molecule has 1 N–H and O–H groups in total. The van der Waals surface area contributed by atoms with Gasteiger partial charge in [0.15, 0.2) is 0 Å². The van der Waals surface area contributed by atoms with Crippen molar-refractivity contribution in [3.05, 3.63) is 158 Å². The van der Waals surface area contributed by atoms with Gasteiger partial charge in [-0.05, 0) is 131 Å². The van der Waals surface area contributed by atoms with Crippen molar-refractivity contribution >= 4 is 70.7 Å². The van der Waals surface area contributed by atoms with Gasteiger partial charge in [-0.2, -0.15) is 5.26 Å². The summed E-state index contributed by atoms with van der Waals surface area (Å²) in [6, 6.07) is 23.2. The van der Waals surface area contributed by atoms with Gasteiger partial charge in [-0.1, -0.05) is 27.7 Å². The summed E-state index contributed by atoms with van der Waals surface area (Å²) in [6.45, 7) is 18.4. The molecular weight excluding hydrogens is 936 g/mol. The highest BCUT2D eigenvalue weighted by Gasteiger charge is 2.39. The Bertz CT molecular complexity index is 3180. The number of rotatable bonds is 3. The van der Waals surface area contributed by atoms with Crippen molar-refractivity contribution in [3.63, 3.8) is 0 Å². The van der Waals surface area contributed by atoms with E-state index in [0.29, 0.717) is 27.7 Å². The van der Waals surface area contributed by atoms with Crippen LogP contribution in [-0.2, 0) is 10.8 Å². The molecule has 0 saturated carbocycles. The highest BCUT2D eigenvalue weighted by Crippen LogP contribution is 2.48. The van der Waals surface area contributed by atoms with Crippen LogP contribution in [0.1, 0.15) is 67.2 Å². The fraction of sp³-hybridized carbons (Fsp3) is 0.235. The molecule has 8 aromatic rings. The lowest BCUT2D eigenvalue weighted by Crippen LogP contribution is -2.26. The molecule has 6 aromatic heterocycles. The van der Waals surface area contributed by atoms with E-state index in [2.05, 4.69) is 115 Å². The van der Waals surface area contributed by atoms with Crippen molar-refractivity contribution in [3.8, 4) is 28.6 Å². The molecule has 0 amide bonds. The first kappa shape index (κ1) is 44.4. The second-order valence-corrected chi connectivity index (χ2v) is 19.2. The highest BCUT2D eigenvalue weighted by atomic mass is 79.9. The number of hydrogen-bond acceptors (Lipinski definition) is 9. The lowest BCUT2D eigenvalue weighted by Gasteiger charge is -2.27. The number of nitrogens with zero attached hydrogens (tertiary/aromatic N) is 8. The first-order chi connectivity index (χ1) is 30.5. The molecule has 13 heteroatoms. The minimum atomic E-state index is -0.364. The molecule has 8 heterocycles. The van der Waals surface area contributed by atoms with Crippen LogP contribution in [0.25, 0.3) is 44.3 Å². The van der Waals surface area contributed by atoms with Crippen molar-refractivity contribution < 1.29 is 8.78 Å². The topological polar surface area (TPSA) is 116 Å². The lowest BCUT2D eigenvalue weighted by atomic mass is 9.91. The summed E-state index contributed by atoms with van der Waals surface area (Å²) < 4.78 is 29.6. The average molecular weight is 982 g/mol. The van der Waals surface area contributed by atoms with E-state index in [1.54, 1.807) is 18.5 Å². The Hall–Kier alpha value is -6.23. The van der Waals surface area contributed by atoms with E-state index < -0.39 is 0 Å². The van der Waals surface area contributed by atoms with Gasteiger partial charge in [-0.25, -0.2) is 18.7 Å². The predicted molar refractivity (Wildman–Crippen MR) is 259 cm³/mol. The van der Waals surface area contributed by atoms with Gasteiger partial charge < -0.3 is 10.2 Å². The standard InChI is InChI=1S/C25H22BrFN4.C17H12FN3.C9H11BrN2/c1-14-22(18-6-5-9-28-15(18)2)30-20-11-17(27)7-8-19(20)23(14)31-13-25(3,4)24-21(31)10-16(26)12-29-24;1-10-15(9-19)14-6-5-12(18)8-16(14)21-17(10)13-4-3-7-20-11(13)2;1-9(2)5-12-7-3-6(10)4-11-8(7)9/h5-12H,13H2,1-4H3;3-8H,1-2H3;3-4,12H,5H2,1-2H3. The van der Waals surface area contributed by atoms with Crippen molar-refractivity contribution in [2.45, 2.75) is 66.2 Å². The normalized spacial score (nSPS) is 14.1. The molecule has 322 valence electrons. The maximum atomic E-state index is 14.2. The van der Waals surface area contributed by atoms with Crippen LogP contribution in [0.2, 0.25) is 0 Å². The van der Waals surface area contributed by atoms with Crippen LogP contribution in [-0.4, -0.2) is 43.0 Å². The van der Waals surface area contributed by atoms with E-state index in [0.717, 1.165) is 89.5 Å². The third kappa shape index (κ3) is 8.44. The molecule has 0 spiro atoms. The van der Waals surface area contributed by atoms with Crippen LogP contribution < -0.4 is 10.2 Å². The molecule has 0 radical (unpaired) electrons. The summed E-state index contributed by atoms with van der Waals surface area (Å²) >= 11 is 6.98. The maximum Gasteiger partial charge on any atom is 0.125 e. The minimum Gasteiger partial charge on any atom is -0.383 e. The molecular formula is C51H45Br2F2N9. The van der Waals surface area contributed by atoms with Crippen LogP contribution in [0, 0.1) is 50.7 Å². The Labute approximate surface area is 388 Å². The van der Waals surface area contributed by atoms with Crippen LogP contribution in [0.5, 0.6) is 0 Å². The second-order valence-electron chi connectivity index (χ2n) is 17.4. The summed E-state index contributed by atoms with van der Waals surface area (Å²) in [7, 11) is 0. The van der Waals surface area contributed by atoms with E-state index in [9.17, 15) is 14.0 Å². The molecule has 0 atom stereocenters. The molecule has 10 rings (SSSR count). The highest BCUT2D eigenvalue weighted by molar-refractivity contribution is 9.10. The molecule has 0 bridgehead atoms. The van der Waals surface area contributed by atoms with E-state index in [-0.39, 0.29) is 22.5 Å². The van der Waals surface area contributed by atoms with Crippen molar-refractivity contribution in [2.24, 2.45) is 0 Å². The van der Waals surface area contributed by atoms with Gasteiger partial charge in [0.2, 0.25) is 0 Å². The maximum absolute atomic E-state index is 14.2. The third-order valence-electron chi connectivity index (χ3n) is 11.8. The number of anilines is 3. The number of fused-ring (bicyclic) bond motifs is 4. The number of benzene rings is 2. The van der Waals surface area contributed by atoms with Crippen LogP contribution in [0.15, 0.2) is 107 Å². The number of halogens is 4. The summed E-state index contributed by atoms with van der Waals surface area (Å²) in [5, 5.41) is 14.4. The molecule has 9 nitrogen and oxygen atoms in total. The third-order valence-corrected chi connectivity index (χ3v) is 12.7. The fourth-order valence-corrected chi connectivity index (χ4v) is 9.21. The van der Waals surface area contributed by atoms with E-state index in [1.807, 2.05) is 63.5 Å². The zero-order chi connectivity index (χ0) is 45.7. The van der Waals surface area contributed by atoms with Gasteiger partial charge >= 0.3 is 0 Å². The molecule has 0 unspecified atom stereocenters. The first-order valence-electron chi connectivity index (χ1n) is 20.7. The van der Waals surface area contributed by atoms with Crippen LogP contribution >= 0.6 is 31.9 Å². The van der Waals surface area contributed by atoms with Gasteiger partial charge in [-0.3, -0.25) is 19.9 Å². The Morgan fingerprint density at radius 1 is 0.672 bits per heavy atom. The first-order valence-corrected chi connectivity index (χ1v) is 22.3. The van der Waals surface area contributed by atoms with Crippen molar-refractivity contribution in [2.75, 3.05) is 23.3 Å². The zero-order valence-corrected chi connectivity index (χ0v) is 39.9. The fourth-order valence-electron chi connectivity index (χ4n) is 8.56. The average Bonchev–Trinajstić information content (AvgIpc) is 3.70. The monoisotopic (exact) mass is 979 g/mol. The summed E-state index contributed by atoms with van der Waals surface area (Å²) in [6.07, 6.45) is 7.19. The van der Waals surface area contributed by atoms with Crippen LogP contribution in [0.3, 0.4) is 0 Å². The largest absolute Gasteiger partial charge is 0.383 e. The summed E-state index contributed by atoms with van der Waals surface area (Å²) in [5.74, 6) is -0.660. The number of nitrogens with one attached hydrogen (secondary N) is 1. The zero-order valence-electron chi connectivity index (χ0n) is 36.7. The molecule has 2 aromatic carbocycles. The SMILES string of the molecule is CC1(C)CNc2cc(Br)cnc21.Cc1ncccc1-c1nc2cc(F)ccc2c(C#N)c1C.Cc1ncccc1-c1nc2cc(F)ccc2c(N2CC(C)(C)c3ncc(Br)cc32)c1C. The molecule has 2 aliphatic heterocycles. The quantitative estimate of drug-likeness (QED) is 0.185. The number of aromatic nitrogens is 6. The number of hydrogen-bond donors (Lipinski definition) is 1. The van der Waals surface area contributed by atoms with Gasteiger partial charge in [0, 0.05) is 103 Å². The Balaban J connectivity index is 0.000000146. The van der Waals surface area contributed by atoms with Gasteiger partial charge in [-0.15, -0.1) is 0 Å². The number of pyridine rings is 6. The summed E-state index contributed by atoms with van der Waals surface area (Å²) in [4.78, 5) is 29.6. The molecule has 0 aliphatic carbocycles. The van der Waals surface area contributed by atoms with Crippen LogP contribution in [0.4, 0.5) is 25.8 Å². The van der Waals surface area contributed by atoms with Gasteiger partial charge in [0.05, 0.1) is 56.4 Å². The Morgan fingerprint density at radius 3 is 1.81 bits per heavy atom. The van der Waals surface area contributed by atoms with E-state index >= 15 is 0 Å². The summed E-state index contributed by atoms with van der Waals surface area (Å²) in [5.41, 5.74) is 14.1. The lowest BCUT2D eigenvalue weighted by molar-refractivity contribution is 0.554. The molecule has 64 heavy (non-hydrogen) atoms.